The first kappa shape index (κ1) is 19.5. The molecule has 0 saturated heterocycles. The monoisotopic (exact) mass is 416 g/mol. The maximum atomic E-state index is 5.89. The van der Waals surface area contributed by atoms with Crippen molar-refractivity contribution >= 4 is 51.6 Å². The molecular weight excluding hydrogens is 403 g/mol. The summed E-state index contributed by atoms with van der Waals surface area (Å²) >= 11 is 15.0. The second-order valence-corrected chi connectivity index (χ2v) is 5.66. The minimum Gasteiger partial charge on any atom is -0.399 e. The molecule has 0 aliphatic carbocycles. The molecule has 0 saturated carbocycles. The predicted molar refractivity (Wildman–Crippen MR) is 99.8 cm³/mol. The lowest BCUT2D eigenvalue weighted by molar-refractivity contribution is 0.215. The van der Waals surface area contributed by atoms with Gasteiger partial charge in [0.25, 0.3) is 0 Å². The highest BCUT2D eigenvalue weighted by Gasteiger charge is 2.00. The normalized spacial score (nSPS) is 10.5. The molecule has 0 aliphatic rings. The molecule has 0 amide bonds. The van der Waals surface area contributed by atoms with Gasteiger partial charge in [-0.3, -0.25) is 0 Å². The smallest absolute Gasteiger partial charge is 0.106 e. The third kappa shape index (κ3) is 7.03. The van der Waals surface area contributed by atoms with Crippen LogP contribution < -0.4 is 0 Å². The fraction of sp³-hybridized carbons (Fsp3) is 0.125. The van der Waals surface area contributed by atoms with E-state index in [1.165, 1.54) is 14.2 Å². The van der Waals surface area contributed by atoms with Gasteiger partial charge in [0.15, 0.2) is 0 Å². The zero-order chi connectivity index (χ0) is 17.1. The van der Waals surface area contributed by atoms with Gasteiger partial charge in [0.05, 0.1) is 17.5 Å². The van der Waals surface area contributed by atoms with Crippen molar-refractivity contribution in [2.24, 2.45) is 10.3 Å². The zero-order valence-corrected chi connectivity index (χ0v) is 15.6. The van der Waals surface area contributed by atoms with E-state index in [4.69, 9.17) is 23.2 Å². The quantitative estimate of drug-likeness (QED) is 0.493. The van der Waals surface area contributed by atoms with Crippen LogP contribution in [0, 0.1) is 0 Å². The van der Waals surface area contributed by atoms with E-state index in [1.54, 1.807) is 24.6 Å². The van der Waals surface area contributed by atoms with Crippen molar-refractivity contribution < 1.29 is 9.68 Å². The minimum atomic E-state index is 0.644. The highest BCUT2D eigenvalue weighted by atomic mass is 79.9. The molecule has 23 heavy (non-hydrogen) atoms. The first-order valence-electron chi connectivity index (χ1n) is 6.41. The molecule has 0 bridgehead atoms. The average Bonchev–Trinajstić information content (AvgIpc) is 2.54. The Morgan fingerprint density at radius 2 is 1.48 bits per heavy atom. The van der Waals surface area contributed by atoms with E-state index in [0.29, 0.717) is 10.0 Å². The lowest BCUT2D eigenvalue weighted by Gasteiger charge is -1.99. The Morgan fingerprint density at radius 3 is 2.09 bits per heavy atom. The number of rotatable bonds is 4. The molecule has 0 unspecified atom stereocenters. The van der Waals surface area contributed by atoms with Gasteiger partial charge in [0, 0.05) is 20.6 Å². The highest BCUT2D eigenvalue weighted by molar-refractivity contribution is 9.10. The number of benzene rings is 2. The van der Waals surface area contributed by atoms with E-state index >= 15 is 0 Å². The molecule has 0 spiro atoms. The van der Waals surface area contributed by atoms with Crippen LogP contribution in [0.15, 0.2) is 57.2 Å². The molecule has 0 aromatic heterocycles. The Bertz CT molecular complexity index is 659. The summed E-state index contributed by atoms with van der Waals surface area (Å²) in [5.41, 5.74) is 1.68. The van der Waals surface area contributed by atoms with Crippen molar-refractivity contribution in [3.8, 4) is 0 Å². The van der Waals surface area contributed by atoms with Gasteiger partial charge in [-0.25, -0.2) is 0 Å². The van der Waals surface area contributed by atoms with Gasteiger partial charge in [-0.15, -0.1) is 0 Å². The standard InChI is InChI=1S/C8H7BrClNO.C8H8ClNO/c1-12-11-5-6-7(9)3-2-4-8(6)10;1-11-10-6-7-4-2-3-5-8(7)9/h2-5H,1H3;2-6H,1H3. The number of hydrogen-bond acceptors (Lipinski definition) is 4. The molecule has 122 valence electrons. The van der Waals surface area contributed by atoms with Crippen LogP contribution in [0.1, 0.15) is 11.1 Å². The van der Waals surface area contributed by atoms with Crippen molar-refractivity contribution in [1.82, 2.24) is 0 Å². The van der Waals surface area contributed by atoms with Crippen LogP contribution in [0.25, 0.3) is 0 Å². The van der Waals surface area contributed by atoms with E-state index in [0.717, 1.165) is 15.6 Å². The summed E-state index contributed by atoms with van der Waals surface area (Å²) in [6.07, 6.45) is 3.13. The summed E-state index contributed by atoms with van der Waals surface area (Å²) < 4.78 is 0.899. The third-order valence-corrected chi connectivity index (χ3v) is 3.85. The highest BCUT2D eigenvalue weighted by Crippen LogP contribution is 2.22. The fourth-order valence-electron chi connectivity index (χ4n) is 1.43. The second kappa shape index (κ2) is 11.0. The molecule has 0 heterocycles. The van der Waals surface area contributed by atoms with Crippen molar-refractivity contribution in [2.45, 2.75) is 0 Å². The van der Waals surface area contributed by atoms with Gasteiger partial charge in [0.1, 0.15) is 14.2 Å². The molecule has 0 N–H and O–H groups in total. The van der Waals surface area contributed by atoms with Crippen LogP contribution in [-0.4, -0.2) is 26.6 Å². The van der Waals surface area contributed by atoms with Gasteiger partial charge in [-0.05, 0) is 18.2 Å². The van der Waals surface area contributed by atoms with Crippen LogP contribution >= 0.6 is 39.1 Å². The van der Waals surface area contributed by atoms with Gasteiger partial charge >= 0.3 is 0 Å². The van der Waals surface area contributed by atoms with Gasteiger partial charge in [0.2, 0.25) is 0 Å². The van der Waals surface area contributed by atoms with Crippen LogP contribution in [0.3, 0.4) is 0 Å². The van der Waals surface area contributed by atoms with Crippen molar-refractivity contribution in [3.63, 3.8) is 0 Å². The topological polar surface area (TPSA) is 43.2 Å². The molecule has 0 fully saturated rings. The lowest BCUT2D eigenvalue weighted by Crippen LogP contribution is -1.85. The Kier molecular flexibility index (Phi) is 9.36. The first-order chi connectivity index (χ1) is 11.1. The Hall–Kier alpha value is -1.56. The minimum absolute atomic E-state index is 0.644. The number of nitrogens with zero attached hydrogens (tertiary/aromatic N) is 2. The summed E-state index contributed by atoms with van der Waals surface area (Å²) in [5, 5.41) is 8.54. The molecule has 7 heteroatoms. The first-order valence-corrected chi connectivity index (χ1v) is 7.96. The molecule has 2 aromatic rings. The van der Waals surface area contributed by atoms with E-state index in [9.17, 15) is 0 Å². The number of halogens is 3. The van der Waals surface area contributed by atoms with Gasteiger partial charge in [-0.1, -0.05) is 73.7 Å². The van der Waals surface area contributed by atoms with Crippen LogP contribution in [-0.2, 0) is 9.68 Å². The van der Waals surface area contributed by atoms with Gasteiger partial charge in [-0.2, -0.15) is 0 Å². The SMILES string of the molecule is CON=Cc1c(Cl)cccc1Br.CON=Cc1ccccc1Cl. The second-order valence-electron chi connectivity index (χ2n) is 3.99. The summed E-state index contributed by atoms with van der Waals surface area (Å²) in [5.74, 6) is 0. The molecular formula is C16H15BrCl2N2O2. The van der Waals surface area contributed by atoms with Crippen LogP contribution in [0.2, 0.25) is 10.0 Å². The fourth-order valence-corrected chi connectivity index (χ4v) is 2.42. The Balaban J connectivity index is 0.000000231. The summed E-state index contributed by atoms with van der Waals surface area (Å²) in [4.78, 5) is 9.06. The number of oxime groups is 2. The van der Waals surface area contributed by atoms with Crippen molar-refractivity contribution in [3.05, 3.63) is 68.1 Å². The molecule has 4 nitrogen and oxygen atoms in total. The average molecular weight is 418 g/mol. The summed E-state index contributed by atoms with van der Waals surface area (Å²) in [6.45, 7) is 0. The Morgan fingerprint density at radius 1 is 0.870 bits per heavy atom. The summed E-state index contributed by atoms with van der Waals surface area (Å²) in [7, 11) is 2.98. The molecule has 2 aromatic carbocycles. The zero-order valence-electron chi connectivity index (χ0n) is 12.5. The van der Waals surface area contributed by atoms with Gasteiger partial charge < -0.3 is 9.68 Å². The predicted octanol–water partition coefficient (Wildman–Crippen LogP) is 5.40. The molecule has 0 aliphatic heterocycles. The van der Waals surface area contributed by atoms with E-state index in [2.05, 4.69) is 35.9 Å². The van der Waals surface area contributed by atoms with E-state index in [-0.39, 0.29) is 0 Å². The Labute approximate surface area is 153 Å². The number of hydrogen-bond donors (Lipinski definition) is 0. The molecule has 0 atom stereocenters. The maximum Gasteiger partial charge on any atom is 0.106 e. The van der Waals surface area contributed by atoms with Crippen LogP contribution in [0.4, 0.5) is 0 Å². The largest absolute Gasteiger partial charge is 0.399 e. The lowest BCUT2D eigenvalue weighted by atomic mass is 10.2. The summed E-state index contributed by atoms with van der Waals surface area (Å²) in [6, 6.07) is 13.0. The van der Waals surface area contributed by atoms with E-state index in [1.807, 2.05) is 30.3 Å². The van der Waals surface area contributed by atoms with Crippen LogP contribution in [0.5, 0.6) is 0 Å². The molecule has 0 radical (unpaired) electrons. The van der Waals surface area contributed by atoms with E-state index < -0.39 is 0 Å². The molecule has 2 rings (SSSR count). The maximum absolute atomic E-state index is 5.89. The van der Waals surface area contributed by atoms with Crippen molar-refractivity contribution in [1.29, 1.82) is 0 Å². The van der Waals surface area contributed by atoms with Crippen molar-refractivity contribution in [2.75, 3.05) is 14.2 Å². The third-order valence-electron chi connectivity index (χ3n) is 2.49.